The van der Waals surface area contributed by atoms with Crippen LogP contribution in [0.5, 0.6) is 0 Å². The number of hydrogen-bond donors (Lipinski definition) is 1. The Kier molecular flexibility index (Phi) is 8.40. The molecule has 2 rings (SSSR count). The van der Waals surface area contributed by atoms with E-state index in [4.69, 9.17) is 4.74 Å². The van der Waals surface area contributed by atoms with E-state index in [0.717, 1.165) is 35.2 Å². The Morgan fingerprint density at radius 3 is 2.21 bits per heavy atom. The predicted molar refractivity (Wildman–Crippen MR) is 123 cm³/mol. The molecule has 0 aromatic heterocycles. The summed E-state index contributed by atoms with van der Waals surface area (Å²) in [5.41, 5.74) is 3.77. The van der Waals surface area contributed by atoms with Crippen molar-refractivity contribution in [3.05, 3.63) is 65.2 Å². The third kappa shape index (κ3) is 6.68. The molecule has 2 aromatic carbocycles. The highest BCUT2D eigenvalue weighted by atomic mass is 31.2. The molecule has 0 saturated heterocycles. The van der Waals surface area contributed by atoms with Gasteiger partial charge in [-0.15, -0.1) is 0 Å². The lowest BCUT2D eigenvalue weighted by Gasteiger charge is -2.27. The number of rotatable bonds is 9. The summed E-state index contributed by atoms with van der Waals surface area (Å²) in [6.45, 7) is 10.5. The molecule has 0 heterocycles. The first-order valence-electron chi connectivity index (χ1n) is 10.1. The fourth-order valence-corrected chi connectivity index (χ4v) is 6.15. The number of carbonyl (C=O) groups is 2. The summed E-state index contributed by atoms with van der Waals surface area (Å²) in [7, 11) is -1.86. The Morgan fingerprint density at radius 2 is 1.62 bits per heavy atom. The molecule has 29 heavy (non-hydrogen) atoms. The van der Waals surface area contributed by atoms with Gasteiger partial charge in [0.1, 0.15) is 12.3 Å². The molecule has 1 atom stereocenters. The van der Waals surface area contributed by atoms with Crippen LogP contribution in [0.2, 0.25) is 0 Å². The summed E-state index contributed by atoms with van der Waals surface area (Å²) in [5.74, 6) is -0.216. The van der Waals surface area contributed by atoms with Crippen molar-refractivity contribution in [3.8, 4) is 0 Å². The van der Waals surface area contributed by atoms with Crippen LogP contribution in [-0.2, 0) is 20.9 Å². The second kappa shape index (κ2) is 10.5. The molecule has 0 fully saturated rings. The largest absolute Gasteiger partial charge is 0.458 e. The van der Waals surface area contributed by atoms with Gasteiger partial charge < -0.3 is 10.1 Å². The first-order valence-corrected chi connectivity index (χ1v) is 13.1. The van der Waals surface area contributed by atoms with Crippen LogP contribution in [0.15, 0.2) is 48.5 Å². The lowest BCUT2D eigenvalue weighted by molar-refractivity contribution is -0.141. The van der Waals surface area contributed by atoms with Crippen molar-refractivity contribution >= 4 is 24.8 Å². The number of hydrogen-bond acceptors (Lipinski definition) is 3. The van der Waals surface area contributed by atoms with Crippen molar-refractivity contribution in [1.82, 2.24) is 0 Å². The summed E-state index contributed by atoms with van der Waals surface area (Å²) >= 11 is 0. The van der Waals surface area contributed by atoms with Crippen LogP contribution in [-0.4, -0.2) is 37.0 Å². The van der Waals surface area contributed by atoms with Gasteiger partial charge in [0.25, 0.3) is 5.91 Å². The number of amides is 1. The van der Waals surface area contributed by atoms with Crippen LogP contribution >= 0.6 is 7.26 Å². The third-order valence-electron chi connectivity index (χ3n) is 5.22. The van der Waals surface area contributed by atoms with Crippen LogP contribution in [0.4, 0.5) is 5.69 Å². The maximum absolute atomic E-state index is 13.2. The number of nitrogens with one attached hydrogen (secondary N) is 1. The summed E-state index contributed by atoms with van der Waals surface area (Å²) in [6.07, 6.45) is 1.97. The lowest BCUT2D eigenvalue weighted by atomic mass is 10.1. The molecular formula is C24H33NO3P+. The average Bonchev–Trinajstić information content (AvgIpc) is 2.67. The van der Waals surface area contributed by atoms with Gasteiger partial charge in [-0.1, -0.05) is 61.9 Å². The smallest absolute Gasteiger partial charge is 0.344 e. The van der Waals surface area contributed by atoms with Gasteiger partial charge in [-0.3, -0.25) is 4.79 Å². The molecule has 0 aliphatic heterocycles. The van der Waals surface area contributed by atoms with Crippen molar-refractivity contribution in [2.24, 2.45) is 0 Å². The summed E-state index contributed by atoms with van der Waals surface area (Å²) < 4.78 is 5.49. The Balaban J connectivity index is 2.06. The summed E-state index contributed by atoms with van der Waals surface area (Å²) in [6, 6.07) is 15.6. The van der Waals surface area contributed by atoms with Crippen LogP contribution in [0, 0.1) is 13.8 Å². The number of para-hydroxylation sites is 1. The number of benzene rings is 2. The van der Waals surface area contributed by atoms with Gasteiger partial charge >= 0.3 is 5.97 Å². The van der Waals surface area contributed by atoms with Gasteiger partial charge in [-0.05, 0) is 37.0 Å². The summed E-state index contributed by atoms with van der Waals surface area (Å²) in [5, 5.41) is 3.14. The zero-order valence-electron chi connectivity index (χ0n) is 18.2. The molecule has 1 N–H and O–H groups in total. The third-order valence-corrected chi connectivity index (χ3v) is 8.47. The Morgan fingerprint density at radius 1 is 1.00 bits per heavy atom. The second-order valence-corrected chi connectivity index (χ2v) is 12.6. The van der Waals surface area contributed by atoms with Crippen molar-refractivity contribution in [3.63, 3.8) is 0 Å². The first kappa shape index (κ1) is 23.1. The Bertz CT molecular complexity index is 813. The van der Waals surface area contributed by atoms with Crippen LogP contribution in [0.3, 0.4) is 0 Å². The molecule has 0 radical (unpaired) electrons. The topological polar surface area (TPSA) is 55.4 Å². The fourth-order valence-electron chi connectivity index (χ4n) is 3.52. The lowest BCUT2D eigenvalue weighted by Crippen LogP contribution is -2.33. The van der Waals surface area contributed by atoms with Gasteiger partial charge in [0.2, 0.25) is 0 Å². The molecule has 0 aliphatic rings. The van der Waals surface area contributed by atoms with Crippen LogP contribution < -0.4 is 5.32 Å². The van der Waals surface area contributed by atoms with Gasteiger partial charge in [-0.25, -0.2) is 4.79 Å². The average molecular weight is 415 g/mol. The van der Waals surface area contributed by atoms with E-state index < -0.39 is 7.26 Å². The molecule has 1 amide bonds. The molecule has 156 valence electrons. The number of aryl methyl sites for hydroxylation is 2. The van der Waals surface area contributed by atoms with Gasteiger partial charge in [0.15, 0.2) is 6.16 Å². The van der Waals surface area contributed by atoms with E-state index in [1.54, 1.807) is 0 Å². The monoisotopic (exact) mass is 414 g/mol. The molecular weight excluding hydrogens is 381 g/mol. The second-order valence-electron chi connectivity index (χ2n) is 8.14. The minimum Gasteiger partial charge on any atom is -0.458 e. The highest BCUT2D eigenvalue weighted by molar-refractivity contribution is 7.76. The molecule has 4 nitrogen and oxygen atoms in total. The van der Waals surface area contributed by atoms with Crippen molar-refractivity contribution in [2.75, 3.05) is 24.8 Å². The summed E-state index contributed by atoms with van der Waals surface area (Å²) in [4.78, 5) is 25.7. The molecule has 0 spiro atoms. The molecule has 1 unspecified atom stereocenters. The molecule has 2 aromatic rings. The SMILES string of the molecule is CCCC(C(=O)Nc1c(C)cccc1C)[P+](C)(C)CC(=O)OCc1ccccc1. The van der Waals surface area contributed by atoms with Crippen molar-refractivity contribution in [1.29, 1.82) is 0 Å². The Labute approximate surface area is 175 Å². The van der Waals surface area contributed by atoms with E-state index in [0.29, 0.717) is 6.16 Å². The molecule has 0 aliphatic carbocycles. The van der Waals surface area contributed by atoms with E-state index in [1.165, 1.54) is 0 Å². The number of anilines is 1. The number of esters is 1. The van der Waals surface area contributed by atoms with E-state index in [1.807, 2.05) is 62.4 Å². The van der Waals surface area contributed by atoms with Crippen molar-refractivity contribution < 1.29 is 14.3 Å². The van der Waals surface area contributed by atoms with E-state index >= 15 is 0 Å². The van der Waals surface area contributed by atoms with Gasteiger partial charge in [-0.2, -0.15) is 0 Å². The van der Waals surface area contributed by atoms with Gasteiger partial charge in [0.05, 0.1) is 0 Å². The standard InChI is InChI=1S/C24H32NO3P/c1-6-11-21(24(27)25-23-18(2)12-10-13-19(23)3)29(4,5)17-22(26)28-16-20-14-8-7-9-15-20/h7-10,12-15,21H,6,11,16-17H2,1-5H3/p+1. The van der Waals surface area contributed by atoms with Crippen LogP contribution in [0.25, 0.3) is 0 Å². The molecule has 5 heteroatoms. The van der Waals surface area contributed by atoms with E-state index in [-0.39, 0.29) is 24.1 Å². The quantitative estimate of drug-likeness (QED) is 0.440. The number of ether oxygens (including phenoxy) is 1. The minimum absolute atomic E-state index is 0.0124. The van der Waals surface area contributed by atoms with Crippen LogP contribution in [0.1, 0.15) is 36.5 Å². The fraction of sp³-hybridized carbons (Fsp3) is 0.417. The predicted octanol–water partition coefficient (Wildman–Crippen LogP) is 5.43. The Hall–Kier alpha value is -2.19. The molecule has 0 saturated carbocycles. The highest BCUT2D eigenvalue weighted by Gasteiger charge is 2.43. The minimum atomic E-state index is -1.86. The normalized spacial score (nSPS) is 12.3. The maximum Gasteiger partial charge on any atom is 0.344 e. The van der Waals surface area contributed by atoms with E-state index in [9.17, 15) is 9.59 Å². The maximum atomic E-state index is 13.2. The zero-order valence-corrected chi connectivity index (χ0v) is 19.1. The zero-order chi connectivity index (χ0) is 21.4. The molecule has 0 bridgehead atoms. The van der Waals surface area contributed by atoms with Crippen molar-refractivity contribution in [2.45, 2.75) is 45.9 Å². The number of carbonyl (C=O) groups excluding carboxylic acids is 2. The highest BCUT2D eigenvalue weighted by Crippen LogP contribution is 2.57. The first-order chi connectivity index (χ1) is 13.7. The van der Waals surface area contributed by atoms with E-state index in [2.05, 4.69) is 25.6 Å². The van der Waals surface area contributed by atoms with Gasteiger partial charge in [0, 0.05) is 26.3 Å².